The Morgan fingerprint density at radius 3 is 2.42 bits per heavy atom. The molecule has 7 heteroatoms. The Bertz CT molecular complexity index is 960. The first-order valence-electron chi connectivity index (χ1n) is 10.2. The predicted octanol–water partition coefficient (Wildman–Crippen LogP) is 3.26. The van der Waals surface area contributed by atoms with Crippen LogP contribution in [-0.2, 0) is 16.1 Å². The van der Waals surface area contributed by atoms with E-state index < -0.39 is 0 Å². The number of carbonyl (C=O) groups is 2. The molecule has 1 aromatic heterocycles. The van der Waals surface area contributed by atoms with Gasteiger partial charge in [-0.1, -0.05) is 42.5 Å². The minimum Gasteiger partial charge on any atom is -0.467 e. The minimum atomic E-state index is -0.325. The lowest BCUT2D eigenvalue weighted by Crippen LogP contribution is -2.44. The number of hydrogen-bond donors (Lipinski definition) is 2. The largest absolute Gasteiger partial charge is 0.467 e. The topological polar surface area (TPSA) is 74.6 Å². The standard InChI is InChI=1S/C24H26FN3O3/c1-2-28(17-22(29)26-15-18-10-12-20(25)13-11-18)23(30)16-27-24(21-9-6-14-31-21)19-7-4-3-5-8-19/h3-14,24,27H,2,15-17H2,1H3,(H,26,29)/t24-/m0/s1. The lowest BCUT2D eigenvalue weighted by Gasteiger charge is -2.23. The number of likely N-dealkylation sites (N-methyl/N-ethyl adjacent to an activating group) is 1. The quantitative estimate of drug-likeness (QED) is 0.525. The molecule has 0 aliphatic carbocycles. The molecule has 3 aromatic rings. The molecular weight excluding hydrogens is 397 g/mol. The van der Waals surface area contributed by atoms with Gasteiger partial charge in [0.05, 0.1) is 25.4 Å². The smallest absolute Gasteiger partial charge is 0.239 e. The highest BCUT2D eigenvalue weighted by Gasteiger charge is 2.20. The van der Waals surface area contributed by atoms with Crippen LogP contribution in [0.3, 0.4) is 0 Å². The number of benzene rings is 2. The highest BCUT2D eigenvalue weighted by atomic mass is 19.1. The van der Waals surface area contributed by atoms with E-state index in [1.165, 1.54) is 17.0 Å². The molecule has 31 heavy (non-hydrogen) atoms. The third kappa shape index (κ3) is 6.52. The van der Waals surface area contributed by atoms with E-state index in [1.54, 1.807) is 24.5 Å². The number of amides is 2. The van der Waals surface area contributed by atoms with Crippen LogP contribution in [0.25, 0.3) is 0 Å². The minimum absolute atomic E-state index is 0.0467. The van der Waals surface area contributed by atoms with Gasteiger partial charge < -0.3 is 14.6 Å². The van der Waals surface area contributed by atoms with Gasteiger partial charge in [0.1, 0.15) is 11.6 Å². The summed E-state index contributed by atoms with van der Waals surface area (Å²) in [7, 11) is 0. The van der Waals surface area contributed by atoms with Gasteiger partial charge in [0, 0.05) is 13.1 Å². The molecule has 0 radical (unpaired) electrons. The number of rotatable bonds is 10. The Balaban J connectivity index is 1.54. The van der Waals surface area contributed by atoms with E-state index in [2.05, 4.69) is 10.6 Å². The van der Waals surface area contributed by atoms with E-state index in [-0.39, 0.29) is 43.3 Å². The second-order valence-corrected chi connectivity index (χ2v) is 7.05. The molecular formula is C24H26FN3O3. The average molecular weight is 423 g/mol. The lowest BCUT2D eigenvalue weighted by molar-refractivity contribution is -0.135. The van der Waals surface area contributed by atoms with Gasteiger partial charge in [0.25, 0.3) is 0 Å². The maximum Gasteiger partial charge on any atom is 0.239 e. The Kier molecular flexibility index (Phi) is 7.95. The van der Waals surface area contributed by atoms with E-state index in [1.807, 2.05) is 43.3 Å². The molecule has 0 spiro atoms. The molecule has 3 rings (SSSR count). The molecule has 0 aliphatic rings. The Labute approximate surface area is 181 Å². The zero-order chi connectivity index (χ0) is 22.1. The fourth-order valence-corrected chi connectivity index (χ4v) is 3.19. The van der Waals surface area contributed by atoms with Crippen LogP contribution in [0, 0.1) is 5.82 Å². The number of nitrogens with one attached hydrogen (secondary N) is 2. The molecule has 0 saturated heterocycles. The van der Waals surface area contributed by atoms with Gasteiger partial charge >= 0.3 is 0 Å². The average Bonchev–Trinajstić information content (AvgIpc) is 3.32. The van der Waals surface area contributed by atoms with Gasteiger partial charge in [-0.2, -0.15) is 0 Å². The molecule has 2 aromatic carbocycles. The first-order chi connectivity index (χ1) is 15.1. The maximum atomic E-state index is 13.0. The monoisotopic (exact) mass is 423 g/mol. The third-order valence-corrected chi connectivity index (χ3v) is 4.89. The second kappa shape index (κ2) is 11.1. The van der Waals surface area contributed by atoms with Crippen LogP contribution in [0.15, 0.2) is 77.4 Å². The Morgan fingerprint density at radius 2 is 1.77 bits per heavy atom. The lowest BCUT2D eigenvalue weighted by atomic mass is 10.0. The van der Waals surface area contributed by atoms with Crippen molar-refractivity contribution in [3.63, 3.8) is 0 Å². The van der Waals surface area contributed by atoms with Gasteiger partial charge in [-0.3, -0.25) is 14.9 Å². The van der Waals surface area contributed by atoms with Crippen molar-refractivity contribution in [1.82, 2.24) is 15.5 Å². The summed E-state index contributed by atoms with van der Waals surface area (Å²) < 4.78 is 18.5. The summed E-state index contributed by atoms with van der Waals surface area (Å²) in [5.74, 6) is -0.0788. The highest BCUT2D eigenvalue weighted by molar-refractivity contribution is 5.85. The van der Waals surface area contributed by atoms with Crippen LogP contribution in [0.2, 0.25) is 0 Å². The molecule has 162 valence electrons. The molecule has 0 fully saturated rings. The molecule has 0 bridgehead atoms. The van der Waals surface area contributed by atoms with Crippen molar-refractivity contribution >= 4 is 11.8 Å². The van der Waals surface area contributed by atoms with Crippen LogP contribution < -0.4 is 10.6 Å². The van der Waals surface area contributed by atoms with Crippen molar-refractivity contribution in [1.29, 1.82) is 0 Å². The number of furan rings is 1. The van der Waals surface area contributed by atoms with E-state index in [4.69, 9.17) is 4.42 Å². The number of halogens is 1. The van der Waals surface area contributed by atoms with Crippen LogP contribution in [-0.4, -0.2) is 36.3 Å². The third-order valence-electron chi connectivity index (χ3n) is 4.89. The molecule has 6 nitrogen and oxygen atoms in total. The van der Waals surface area contributed by atoms with E-state index in [9.17, 15) is 14.0 Å². The van der Waals surface area contributed by atoms with Gasteiger partial charge in [-0.25, -0.2) is 4.39 Å². The van der Waals surface area contributed by atoms with Crippen molar-refractivity contribution < 1.29 is 18.4 Å². The first kappa shape index (κ1) is 22.2. The Morgan fingerprint density at radius 1 is 1.03 bits per heavy atom. The summed E-state index contributed by atoms with van der Waals surface area (Å²) in [6.45, 7) is 2.51. The van der Waals surface area contributed by atoms with E-state index >= 15 is 0 Å². The van der Waals surface area contributed by atoms with Crippen LogP contribution in [0.5, 0.6) is 0 Å². The van der Waals surface area contributed by atoms with Crippen molar-refractivity contribution in [3.8, 4) is 0 Å². The summed E-state index contributed by atoms with van der Waals surface area (Å²) >= 11 is 0. The SMILES string of the molecule is CCN(CC(=O)NCc1ccc(F)cc1)C(=O)CN[C@@H](c1ccccc1)c1ccco1. The summed E-state index contributed by atoms with van der Waals surface area (Å²) in [6.07, 6.45) is 1.60. The normalized spacial score (nSPS) is 11.7. The van der Waals surface area contributed by atoms with Crippen molar-refractivity contribution in [2.75, 3.05) is 19.6 Å². The number of carbonyl (C=O) groups excluding carboxylic acids is 2. The van der Waals surface area contributed by atoms with Crippen molar-refractivity contribution in [2.24, 2.45) is 0 Å². The fourth-order valence-electron chi connectivity index (χ4n) is 3.19. The number of nitrogens with zero attached hydrogens (tertiary/aromatic N) is 1. The summed E-state index contributed by atoms with van der Waals surface area (Å²) in [5.41, 5.74) is 1.76. The second-order valence-electron chi connectivity index (χ2n) is 7.05. The first-order valence-corrected chi connectivity index (χ1v) is 10.2. The van der Waals surface area contributed by atoms with Crippen molar-refractivity contribution in [2.45, 2.75) is 19.5 Å². The molecule has 1 heterocycles. The van der Waals surface area contributed by atoms with Gasteiger partial charge in [0.2, 0.25) is 11.8 Å². The molecule has 2 N–H and O–H groups in total. The molecule has 0 aliphatic heterocycles. The highest BCUT2D eigenvalue weighted by Crippen LogP contribution is 2.22. The van der Waals surface area contributed by atoms with E-state index in [0.717, 1.165) is 11.1 Å². The van der Waals surface area contributed by atoms with Crippen LogP contribution in [0.4, 0.5) is 4.39 Å². The predicted molar refractivity (Wildman–Crippen MR) is 115 cm³/mol. The zero-order valence-electron chi connectivity index (χ0n) is 17.4. The zero-order valence-corrected chi connectivity index (χ0v) is 17.4. The van der Waals surface area contributed by atoms with Gasteiger partial charge in [-0.15, -0.1) is 0 Å². The summed E-state index contributed by atoms with van der Waals surface area (Å²) in [4.78, 5) is 26.5. The van der Waals surface area contributed by atoms with Crippen LogP contribution >= 0.6 is 0 Å². The fraction of sp³-hybridized carbons (Fsp3) is 0.250. The van der Waals surface area contributed by atoms with Gasteiger partial charge in [-0.05, 0) is 42.3 Å². The molecule has 2 amide bonds. The maximum absolute atomic E-state index is 13.0. The van der Waals surface area contributed by atoms with Crippen molar-refractivity contribution in [3.05, 3.63) is 95.7 Å². The molecule has 1 atom stereocenters. The molecule has 0 saturated carbocycles. The number of hydrogen-bond acceptors (Lipinski definition) is 4. The van der Waals surface area contributed by atoms with Gasteiger partial charge in [0.15, 0.2) is 0 Å². The summed E-state index contributed by atoms with van der Waals surface area (Å²) in [5, 5.41) is 6.00. The summed E-state index contributed by atoms with van der Waals surface area (Å²) in [6, 6.07) is 19.0. The van der Waals surface area contributed by atoms with Crippen LogP contribution in [0.1, 0.15) is 29.9 Å². The molecule has 0 unspecified atom stereocenters. The van der Waals surface area contributed by atoms with E-state index in [0.29, 0.717) is 12.3 Å². The Hall–Kier alpha value is -3.45.